The molecule has 0 amide bonds. The third-order valence-corrected chi connectivity index (χ3v) is 9.81. The van der Waals surface area contributed by atoms with Crippen LogP contribution in [0.2, 0.25) is 0 Å². The van der Waals surface area contributed by atoms with Gasteiger partial charge < -0.3 is 9.47 Å². The number of hydrogen-bond acceptors (Lipinski definition) is 2. The third kappa shape index (κ3) is 4.00. The van der Waals surface area contributed by atoms with Gasteiger partial charge >= 0.3 is 0 Å². The van der Waals surface area contributed by atoms with Crippen LogP contribution in [0.25, 0.3) is 54.9 Å². The van der Waals surface area contributed by atoms with Gasteiger partial charge in [0.05, 0.1) is 0 Å². The molecule has 2 aliphatic heterocycles. The maximum atomic E-state index is 6.45. The average Bonchev–Trinajstić information content (AvgIpc) is 3.14. The van der Waals surface area contributed by atoms with Crippen LogP contribution in [-0.2, 0) is 0 Å². The fourth-order valence-corrected chi connectivity index (χ4v) is 7.74. The summed E-state index contributed by atoms with van der Waals surface area (Å²) in [4.78, 5) is 0. The number of benzene rings is 8. The standard InChI is InChI=1S/C44H27BO2/c1-2-11-29(12-3-1)42-32-13-4-6-15-34(32)43(35-16-7-5-14-33(35)42)30-23-21-28(22-24-30)31-25-26-39-37(27-31)45-36-17-8-9-18-38(36)46-40-19-10-20-41(47-39)44(40)45/h1-27H. The van der Waals surface area contributed by atoms with Crippen molar-refractivity contribution < 1.29 is 9.47 Å². The summed E-state index contributed by atoms with van der Waals surface area (Å²) in [5.74, 6) is 3.53. The Balaban J connectivity index is 1.11. The lowest BCUT2D eigenvalue weighted by molar-refractivity contribution is 0.464. The van der Waals surface area contributed by atoms with E-state index in [1.165, 1.54) is 54.8 Å². The van der Waals surface area contributed by atoms with Crippen LogP contribution in [0.3, 0.4) is 0 Å². The first-order valence-electron chi connectivity index (χ1n) is 16.1. The van der Waals surface area contributed by atoms with Gasteiger partial charge in [-0.25, -0.2) is 0 Å². The van der Waals surface area contributed by atoms with E-state index >= 15 is 0 Å². The molecule has 2 nitrogen and oxygen atoms in total. The maximum Gasteiger partial charge on any atom is 0.260 e. The van der Waals surface area contributed by atoms with Crippen LogP contribution in [0.4, 0.5) is 0 Å². The Kier molecular flexibility index (Phi) is 5.70. The topological polar surface area (TPSA) is 18.5 Å². The molecule has 0 spiro atoms. The maximum absolute atomic E-state index is 6.45. The van der Waals surface area contributed by atoms with E-state index in [4.69, 9.17) is 9.47 Å². The largest absolute Gasteiger partial charge is 0.458 e. The summed E-state index contributed by atoms with van der Waals surface area (Å²) in [5.41, 5.74) is 10.8. The first-order valence-corrected chi connectivity index (χ1v) is 16.1. The normalized spacial score (nSPS) is 12.6. The van der Waals surface area contributed by atoms with Gasteiger partial charge in [0.25, 0.3) is 6.71 Å². The lowest BCUT2D eigenvalue weighted by Gasteiger charge is -2.33. The van der Waals surface area contributed by atoms with E-state index in [0.29, 0.717) is 0 Å². The lowest BCUT2D eigenvalue weighted by atomic mass is 9.35. The number of hydrogen-bond donors (Lipinski definition) is 0. The van der Waals surface area contributed by atoms with Crippen LogP contribution in [0.15, 0.2) is 164 Å². The van der Waals surface area contributed by atoms with Crippen molar-refractivity contribution in [2.24, 2.45) is 0 Å². The van der Waals surface area contributed by atoms with E-state index in [1.54, 1.807) is 0 Å². The molecule has 0 radical (unpaired) electrons. The molecule has 47 heavy (non-hydrogen) atoms. The van der Waals surface area contributed by atoms with Crippen molar-refractivity contribution in [1.82, 2.24) is 0 Å². The average molecular weight is 599 g/mol. The molecule has 8 aromatic rings. The second kappa shape index (κ2) is 10.2. The fraction of sp³-hybridized carbons (Fsp3) is 0. The zero-order valence-electron chi connectivity index (χ0n) is 25.5. The Hall–Kier alpha value is -6.06. The third-order valence-electron chi connectivity index (χ3n) is 9.81. The summed E-state index contributed by atoms with van der Waals surface area (Å²) >= 11 is 0. The molecule has 218 valence electrons. The molecule has 0 saturated heterocycles. The van der Waals surface area contributed by atoms with Crippen LogP contribution >= 0.6 is 0 Å². The lowest BCUT2D eigenvalue weighted by Crippen LogP contribution is -2.57. The van der Waals surface area contributed by atoms with Crippen LogP contribution in [0, 0.1) is 0 Å². The molecule has 10 rings (SSSR count). The van der Waals surface area contributed by atoms with Crippen LogP contribution in [-0.4, -0.2) is 6.71 Å². The zero-order chi connectivity index (χ0) is 30.9. The molecule has 0 saturated carbocycles. The first kappa shape index (κ1) is 26.2. The highest BCUT2D eigenvalue weighted by Gasteiger charge is 2.39. The molecule has 0 aliphatic carbocycles. The molecule has 0 bridgehead atoms. The van der Waals surface area contributed by atoms with Crippen LogP contribution in [0.1, 0.15) is 0 Å². The predicted molar refractivity (Wildman–Crippen MR) is 195 cm³/mol. The van der Waals surface area contributed by atoms with Gasteiger partial charge in [-0.05, 0) is 90.1 Å². The molecule has 0 atom stereocenters. The smallest absolute Gasteiger partial charge is 0.260 e. The minimum Gasteiger partial charge on any atom is -0.458 e. The molecule has 0 unspecified atom stereocenters. The minimum absolute atomic E-state index is 0.0509. The Morgan fingerprint density at radius 1 is 0.319 bits per heavy atom. The van der Waals surface area contributed by atoms with Gasteiger partial charge in [-0.2, -0.15) is 0 Å². The molecule has 2 aliphatic rings. The van der Waals surface area contributed by atoms with Crippen molar-refractivity contribution in [3.63, 3.8) is 0 Å². The Bertz CT molecular complexity index is 2450. The summed E-state index contributed by atoms with van der Waals surface area (Å²) in [6.45, 7) is 0.0509. The zero-order valence-corrected chi connectivity index (χ0v) is 25.5. The van der Waals surface area contributed by atoms with Gasteiger partial charge in [0.1, 0.15) is 23.0 Å². The second-order valence-corrected chi connectivity index (χ2v) is 12.4. The number of rotatable bonds is 3. The summed E-state index contributed by atoms with van der Waals surface area (Å²) < 4.78 is 12.8. The summed E-state index contributed by atoms with van der Waals surface area (Å²) in [5, 5.41) is 5.05. The van der Waals surface area contributed by atoms with Gasteiger partial charge in [-0.1, -0.05) is 140 Å². The number of fused-ring (bicyclic) bond motifs is 6. The molecule has 8 aromatic carbocycles. The highest BCUT2D eigenvalue weighted by Crippen LogP contribution is 2.44. The molecule has 2 heterocycles. The summed E-state index contributed by atoms with van der Waals surface area (Å²) in [6.07, 6.45) is 0. The quantitative estimate of drug-likeness (QED) is 0.149. The molecule has 0 fully saturated rings. The van der Waals surface area contributed by atoms with Crippen molar-refractivity contribution in [2.45, 2.75) is 0 Å². The minimum atomic E-state index is 0.0509. The van der Waals surface area contributed by atoms with Gasteiger partial charge in [0.15, 0.2) is 0 Å². The second-order valence-electron chi connectivity index (χ2n) is 12.4. The van der Waals surface area contributed by atoms with E-state index in [2.05, 4.69) is 140 Å². The molecule has 0 aromatic heterocycles. The van der Waals surface area contributed by atoms with Gasteiger partial charge in [-0.3, -0.25) is 0 Å². The van der Waals surface area contributed by atoms with Gasteiger partial charge in [0.2, 0.25) is 0 Å². The van der Waals surface area contributed by atoms with Crippen molar-refractivity contribution in [3.05, 3.63) is 164 Å². The Morgan fingerprint density at radius 2 is 0.787 bits per heavy atom. The van der Waals surface area contributed by atoms with Crippen molar-refractivity contribution >= 4 is 44.6 Å². The van der Waals surface area contributed by atoms with Crippen LogP contribution < -0.4 is 25.9 Å². The Morgan fingerprint density at radius 3 is 1.43 bits per heavy atom. The number of ether oxygens (including phenoxy) is 2. The van der Waals surface area contributed by atoms with E-state index in [1.807, 2.05) is 24.3 Å². The monoisotopic (exact) mass is 598 g/mol. The first-order chi connectivity index (χ1) is 23.3. The SMILES string of the molecule is c1ccc(-c2c3ccccc3c(-c3ccc(-c4ccc5c(c4)B4c6ccccc6Oc6cccc(c64)O5)cc3)c3ccccc23)cc1. The van der Waals surface area contributed by atoms with Gasteiger partial charge in [0, 0.05) is 5.46 Å². The van der Waals surface area contributed by atoms with Gasteiger partial charge in [-0.15, -0.1) is 0 Å². The fourth-order valence-electron chi connectivity index (χ4n) is 7.74. The highest BCUT2D eigenvalue weighted by molar-refractivity contribution is 6.98. The molecule has 0 N–H and O–H groups in total. The molecule has 3 heteroatoms. The van der Waals surface area contributed by atoms with E-state index in [-0.39, 0.29) is 6.71 Å². The molecular weight excluding hydrogens is 571 g/mol. The van der Waals surface area contributed by atoms with Crippen molar-refractivity contribution in [2.75, 3.05) is 0 Å². The number of para-hydroxylation sites is 1. The highest BCUT2D eigenvalue weighted by atomic mass is 16.5. The van der Waals surface area contributed by atoms with Crippen LogP contribution in [0.5, 0.6) is 23.0 Å². The molecular formula is C44H27BO2. The van der Waals surface area contributed by atoms with E-state index in [9.17, 15) is 0 Å². The Labute approximate surface area is 273 Å². The summed E-state index contributed by atoms with van der Waals surface area (Å²) in [6, 6.07) is 58.5. The van der Waals surface area contributed by atoms with Crippen molar-refractivity contribution in [1.29, 1.82) is 0 Å². The predicted octanol–water partition coefficient (Wildman–Crippen LogP) is 9.72. The van der Waals surface area contributed by atoms with E-state index in [0.717, 1.165) is 39.5 Å². The van der Waals surface area contributed by atoms with E-state index < -0.39 is 0 Å². The summed E-state index contributed by atoms with van der Waals surface area (Å²) in [7, 11) is 0. The van der Waals surface area contributed by atoms with Crippen molar-refractivity contribution in [3.8, 4) is 56.4 Å².